The van der Waals surface area contributed by atoms with Crippen LogP contribution in [0.2, 0.25) is 0 Å². The van der Waals surface area contributed by atoms with Crippen molar-refractivity contribution in [3.8, 4) is 11.1 Å². The van der Waals surface area contributed by atoms with Gasteiger partial charge in [-0.25, -0.2) is 9.48 Å². The van der Waals surface area contributed by atoms with Crippen LogP contribution in [0.3, 0.4) is 0 Å². The summed E-state index contributed by atoms with van der Waals surface area (Å²) in [4.78, 5) is 14.2. The molecule has 2 aromatic carbocycles. The summed E-state index contributed by atoms with van der Waals surface area (Å²) in [5.74, 6) is 0.859. The molecule has 2 N–H and O–H groups in total. The van der Waals surface area contributed by atoms with E-state index < -0.39 is 0 Å². The van der Waals surface area contributed by atoms with E-state index in [0.29, 0.717) is 18.9 Å². The Hall–Kier alpha value is -3.28. The summed E-state index contributed by atoms with van der Waals surface area (Å²) in [6, 6.07) is 19.7. The van der Waals surface area contributed by atoms with E-state index in [1.807, 2.05) is 65.3 Å². The molecule has 2 atom stereocenters. The van der Waals surface area contributed by atoms with Crippen LogP contribution in [0.5, 0.6) is 0 Å². The molecule has 0 spiro atoms. The molecule has 0 bridgehead atoms. The van der Waals surface area contributed by atoms with Gasteiger partial charge in [-0.05, 0) is 17.0 Å². The second-order valence-corrected chi connectivity index (χ2v) is 7.24. The minimum Gasteiger partial charge on any atom is -0.445 e. The van der Waals surface area contributed by atoms with Gasteiger partial charge < -0.3 is 15.4 Å². The van der Waals surface area contributed by atoms with Crippen LogP contribution in [-0.4, -0.2) is 33.9 Å². The Morgan fingerprint density at radius 2 is 1.79 bits per heavy atom. The van der Waals surface area contributed by atoms with Crippen LogP contribution in [0, 0.1) is 5.92 Å². The Labute approximate surface area is 164 Å². The topological polar surface area (TPSA) is 73.4 Å². The van der Waals surface area contributed by atoms with Crippen molar-refractivity contribution < 1.29 is 9.53 Å². The Bertz CT molecular complexity index is 940. The number of benzene rings is 2. The maximum atomic E-state index is 12.5. The van der Waals surface area contributed by atoms with E-state index in [1.54, 1.807) is 11.1 Å². The van der Waals surface area contributed by atoms with Gasteiger partial charge in [0.05, 0.1) is 12.2 Å². The lowest BCUT2D eigenvalue weighted by molar-refractivity contribution is 0.102. The summed E-state index contributed by atoms with van der Waals surface area (Å²) in [7, 11) is 0. The van der Waals surface area contributed by atoms with Gasteiger partial charge in [-0.15, -0.1) is 0 Å². The monoisotopic (exact) mass is 376 g/mol. The number of aromatic nitrogens is 2. The molecule has 6 heteroatoms. The van der Waals surface area contributed by atoms with E-state index in [9.17, 15) is 4.79 Å². The zero-order valence-electron chi connectivity index (χ0n) is 15.9. The molecule has 144 valence electrons. The van der Waals surface area contributed by atoms with Gasteiger partial charge in [-0.3, -0.25) is 0 Å². The van der Waals surface area contributed by atoms with Crippen LogP contribution in [0.4, 0.5) is 10.6 Å². The Morgan fingerprint density at radius 1 is 1.11 bits per heavy atom. The quantitative estimate of drug-likeness (QED) is 0.748. The maximum Gasteiger partial charge on any atom is 0.410 e. The number of amides is 1. The number of hydrogen-bond donors (Lipinski definition) is 1. The highest BCUT2D eigenvalue weighted by atomic mass is 16.6. The highest BCUT2D eigenvalue weighted by molar-refractivity contribution is 5.73. The van der Waals surface area contributed by atoms with Crippen molar-refractivity contribution in [2.75, 3.05) is 18.8 Å². The smallest absolute Gasteiger partial charge is 0.410 e. The van der Waals surface area contributed by atoms with Crippen molar-refractivity contribution in [3.63, 3.8) is 0 Å². The molecule has 6 nitrogen and oxygen atoms in total. The fourth-order valence-corrected chi connectivity index (χ4v) is 3.70. The summed E-state index contributed by atoms with van der Waals surface area (Å²) < 4.78 is 7.32. The predicted octanol–water partition coefficient (Wildman–Crippen LogP) is 3.96. The van der Waals surface area contributed by atoms with Crippen molar-refractivity contribution in [2.24, 2.45) is 5.92 Å². The fourth-order valence-electron chi connectivity index (χ4n) is 3.70. The first-order valence-electron chi connectivity index (χ1n) is 9.47. The minimum absolute atomic E-state index is 0.0294. The molecular weight excluding hydrogens is 352 g/mol. The number of carbonyl (C=O) groups is 1. The van der Waals surface area contributed by atoms with Gasteiger partial charge in [0, 0.05) is 18.7 Å². The molecule has 1 aromatic heterocycles. The normalized spacial score (nSPS) is 19.0. The predicted molar refractivity (Wildman–Crippen MR) is 108 cm³/mol. The van der Waals surface area contributed by atoms with Crippen LogP contribution < -0.4 is 5.73 Å². The van der Waals surface area contributed by atoms with E-state index in [2.05, 4.69) is 12.0 Å². The molecule has 28 heavy (non-hydrogen) atoms. The van der Waals surface area contributed by atoms with E-state index in [-0.39, 0.29) is 24.7 Å². The Balaban J connectivity index is 1.44. The molecule has 0 saturated carbocycles. The van der Waals surface area contributed by atoms with Crippen molar-refractivity contribution in [1.82, 2.24) is 14.7 Å². The molecular formula is C22H24N4O2. The summed E-state index contributed by atoms with van der Waals surface area (Å²) in [5, 5.41) is 4.52. The number of anilines is 1. The molecule has 4 rings (SSSR count). The lowest BCUT2D eigenvalue weighted by atomic mass is 10.1. The zero-order chi connectivity index (χ0) is 19.5. The van der Waals surface area contributed by atoms with Gasteiger partial charge in [0.2, 0.25) is 0 Å². The molecule has 1 saturated heterocycles. The van der Waals surface area contributed by atoms with Gasteiger partial charge in [-0.2, -0.15) is 5.10 Å². The van der Waals surface area contributed by atoms with Crippen molar-refractivity contribution in [3.05, 3.63) is 72.4 Å². The summed E-state index contributed by atoms with van der Waals surface area (Å²) >= 11 is 0. The lowest BCUT2D eigenvalue weighted by Gasteiger charge is -2.18. The SMILES string of the molecule is C[C@@H]1CN(C(=O)OCc2ccccc2)C[C@H]1n1ncc(-c2ccccc2)c1N. The van der Waals surface area contributed by atoms with Gasteiger partial charge in [0.15, 0.2) is 0 Å². The fraction of sp³-hybridized carbons (Fsp3) is 0.273. The lowest BCUT2D eigenvalue weighted by Crippen LogP contribution is -2.30. The van der Waals surface area contributed by atoms with Gasteiger partial charge in [0.25, 0.3) is 0 Å². The van der Waals surface area contributed by atoms with Crippen LogP contribution >= 0.6 is 0 Å². The molecule has 2 heterocycles. The second kappa shape index (κ2) is 7.76. The van der Waals surface area contributed by atoms with Crippen molar-refractivity contribution >= 4 is 11.9 Å². The minimum atomic E-state index is -0.299. The molecule has 1 amide bonds. The summed E-state index contributed by atoms with van der Waals surface area (Å²) in [6.07, 6.45) is 1.50. The molecule has 0 aliphatic carbocycles. The first-order valence-corrected chi connectivity index (χ1v) is 9.47. The average molecular weight is 376 g/mol. The number of hydrogen-bond acceptors (Lipinski definition) is 4. The van der Waals surface area contributed by atoms with E-state index in [4.69, 9.17) is 10.5 Å². The average Bonchev–Trinajstić information content (AvgIpc) is 3.30. The highest BCUT2D eigenvalue weighted by Gasteiger charge is 2.36. The van der Waals surface area contributed by atoms with Crippen LogP contribution in [0.15, 0.2) is 66.9 Å². The van der Waals surface area contributed by atoms with E-state index in [0.717, 1.165) is 16.7 Å². The third-order valence-electron chi connectivity index (χ3n) is 5.27. The molecule has 1 aliphatic heterocycles. The maximum absolute atomic E-state index is 12.5. The van der Waals surface area contributed by atoms with Crippen LogP contribution in [0.1, 0.15) is 18.5 Å². The summed E-state index contributed by atoms with van der Waals surface area (Å²) in [6.45, 7) is 3.54. The number of carbonyl (C=O) groups excluding carboxylic acids is 1. The first-order chi connectivity index (χ1) is 13.6. The number of likely N-dealkylation sites (tertiary alicyclic amines) is 1. The van der Waals surface area contributed by atoms with E-state index >= 15 is 0 Å². The number of ether oxygens (including phenoxy) is 1. The molecule has 1 aliphatic rings. The standard InChI is InChI=1S/C22H24N4O2/c1-16-13-25(22(27)28-15-17-8-4-2-5-9-17)14-20(16)26-21(23)19(12-24-26)18-10-6-3-7-11-18/h2-12,16,20H,13-15,23H2,1H3/t16-,20-/m1/s1. The van der Waals surface area contributed by atoms with Gasteiger partial charge in [0.1, 0.15) is 12.4 Å². The molecule has 1 fully saturated rings. The van der Waals surface area contributed by atoms with Crippen molar-refractivity contribution in [1.29, 1.82) is 0 Å². The number of nitrogen functional groups attached to an aromatic ring is 1. The Morgan fingerprint density at radius 3 is 2.50 bits per heavy atom. The number of rotatable bonds is 4. The Kier molecular flexibility index (Phi) is 5.02. The zero-order valence-corrected chi connectivity index (χ0v) is 15.9. The van der Waals surface area contributed by atoms with E-state index in [1.165, 1.54) is 0 Å². The molecule has 3 aromatic rings. The largest absolute Gasteiger partial charge is 0.445 e. The van der Waals surface area contributed by atoms with Crippen LogP contribution in [-0.2, 0) is 11.3 Å². The van der Waals surface area contributed by atoms with Gasteiger partial charge >= 0.3 is 6.09 Å². The summed E-state index contributed by atoms with van der Waals surface area (Å²) in [5.41, 5.74) is 9.33. The third-order valence-corrected chi connectivity index (χ3v) is 5.27. The van der Waals surface area contributed by atoms with Crippen LogP contribution in [0.25, 0.3) is 11.1 Å². The van der Waals surface area contributed by atoms with Gasteiger partial charge in [-0.1, -0.05) is 67.6 Å². The highest BCUT2D eigenvalue weighted by Crippen LogP contribution is 2.33. The molecule has 0 unspecified atom stereocenters. The first kappa shape index (κ1) is 18.1. The van der Waals surface area contributed by atoms with Crippen molar-refractivity contribution in [2.45, 2.75) is 19.6 Å². The second-order valence-electron chi connectivity index (χ2n) is 7.24. The third kappa shape index (κ3) is 3.58. The number of nitrogens with two attached hydrogens (primary N) is 1. The molecule has 0 radical (unpaired) electrons. The number of nitrogens with zero attached hydrogens (tertiary/aromatic N) is 3.